The second kappa shape index (κ2) is 7.28. The molecule has 28 heavy (non-hydrogen) atoms. The molecule has 150 valence electrons. The fraction of sp³-hybridized carbons (Fsp3) is 0.619. The van der Waals surface area contributed by atoms with E-state index in [4.69, 9.17) is 9.47 Å². The largest absolute Gasteiger partial charge is 0.486 e. The van der Waals surface area contributed by atoms with E-state index in [0.717, 1.165) is 44.7 Å². The highest BCUT2D eigenvalue weighted by Crippen LogP contribution is 2.36. The lowest BCUT2D eigenvalue weighted by Crippen LogP contribution is -2.38. The van der Waals surface area contributed by atoms with Gasteiger partial charge >= 0.3 is 0 Å². The minimum absolute atomic E-state index is 0.00548. The van der Waals surface area contributed by atoms with E-state index in [1.807, 2.05) is 23.1 Å². The van der Waals surface area contributed by atoms with E-state index in [-0.39, 0.29) is 24.2 Å². The van der Waals surface area contributed by atoms with Crippen LogP contribution < -0.4 is 19.7 Å². The number of carbonyl (C=O) groups excluding carboxylic acids is 2. The average molecular weight is 385 g/mol. The summed E-state index contributed by atoms with van der Waals surface area (Å²) in [5.74, 6) is 2.65. The van der Waals surface area contributed by atoms with Crippen LogP contribution >= 0.6 is 0 Å². The number of likely N-dealkylation sites (tertiary alicyclic amines) is 1. The van der Waals surface area contributed by atoms with Gasteiger partial charge in [0.25, 0.3) is 0 Å². The lowest BCUT2D eigenvalue weighted by Gasteiger charge is -2.25. The molecule has 2 amide bonds. The van der Waals surface area contributed by atoms with E-state index in [9.17, 15) is 9.59 Å². The highest BCUT2D eigenvalue weighted by atomic mass is 16.6. The minimum Gasteiger partial charge on any atom is -0.486 e. The number of amides is 2. The van der Waals surface area contributed by atoms with Gasteiger partial charge in [0.15, 0.2) is 11.5 Å². The first-order valence-electron chi connectivity index (χ1n) is 10.4. The summed E-state index contributed by atoms with van der Waals surface area (Å²) in [6.07, 6.45) is 2.42. The van der Waals surface area contributed by atoms with E-state index in [2.05, 4.69) is 5.32 Å². The molecule has 1 aromatic rings. The highest BCUT2D eigenvalue weighted by molar-refractivity contribution is 6.00. The molecule has 0 spiro atoms. The van der Waals surface area contributed by atoms with Gasteiger partial charge in [0, 0.05) is 37.8 Å². The van der Waals surface area contributed by atoms with E-state index in [0.29, 0.717) is 43.1 Å². The van der Waals surface area contributed by atoms with Crippen molar-refractivity contribution in [2.24, 2.45) is 17.8 Å². The highest BCUT2D eigenvalue weighted by Gasteiger charge is 2.39. The number of fused-ring (bicyclic) bond motifs is 2. The summed E-state index contributed by atoms with van der Waals surface area (Å²) in [6.45, 7) is 5.28. The van der Waals surface area contributed by atoms with E-state index < -0.39 is 0 Å². The quantitative estimate of drug-likeness (QED) is 0.830. The molecule has 0 aliphatic carbocycles. The molecule has 0 saturated carbocycles. The Labute approximate surface area is 165 Å². The van der Waals surface area contributed by atoms with E-state index >= 15 is 0 Å². The van der Waals surface area contributed by atoms with Crippen LogP contribution in [-0.2, 0) is 9.59 Å². The molecule has 0 radical (unpaired) electrons. The minimum atomic E-state index is -0.253. The predicted octanol–water partition coefficient (Wildman–Crippen LogP) is 1.27. The fourth-order valence-electron chi connectivity index (χ4n) is 5.02. The summed E-state index contributed by atoms with van der Waals surface area (Å²) in [4.78, 5) is 29.5. The van der Waals surface area contributed by atoms with Crippen molar-refractivity contribution in [3.8, 4) is 11.5 Å². The second-order valence-electron chi connectivity index (χ2n) is 8.31. The average Bonchev–Trinajstić information content (AvgIpc) is 3.28. The number of hydrogen-bond acceptors (Lipinski definition) is 5. The summed E-state index contributed by atoms with van der Waals surface area (Å²) >= 11 is 0. The van der Waals surface area contributed by atoms with Gasteiger partial charge in [-0.2, -0.15) is 0 Å². The number of nitrogens with zero attached hydrogens (tertiary/aromatic N) is 2. The molecule has 7 heteroatoms. The number of ether oxygens (including phenoxy) is 2. The van der Waals surface area contributed by atoms with Gasteiger partial charge in [-0.15, -0.1) is 0 Å². The molecule has 4 aliphatic rings. The molecule has 1 N–H and O–H groups in total. The molecule has 1 unspecified atom stereocenters. The molecule has 3 fully saturated rings. The molecule has 0 bridgehead atoms. The van der Waals surface area contributed by atoms with Crippen LogP contribution in [0.25, 0.3) is 0 Å². The number of rotatable bonds is 2. The van der Waals surface area contributed by atoms with Crippen molar-refractivity contribution >= 4 is 17.5 Å². The SMILES string of the molecule is O=C(C1CC(=O)N(c2ccc3c(c2)OCCO3)C1)N1CC[C@@H]2CNC[C@@H]2CC1. The van der Waals surface area contributed by atoms with Gasteiger partial charge in [-0.1, -0.05) is 0 Å². The van der Waals surface area contributed by atoms with E-state index in [1.165, 1.54) is 0 Å². The van der Waals surface area contributed by atoms with Crippen LogP contribution in [0.1, 0.15) is 19.3 Å². The number of carbonyl (C=O) groups is 2. The Hall–Kier alpha value is -2.28. The Balaban J connectivity index is 1.26. The molecule has 0 aromatic heterocycles. The van der Waals surface area contributed by atoms with Gasteiger partial charge in [-0.25, -0.2) is 0 Å². The maximum atomic E-state index is 13.1. The smallest absolute Gasteiger partial charge is 0.228 e. The Morgan fingerprint density at radius 1 is 1.04 bits per heavy atom. The Morgan fingerprint density at radius 2 is 1.75 bits per heavy atom. The molecule has 7 nitrogen and oxygen atoms in total. The van der Waals surface area contributed by atoms with Crippen molar-refractivity contribution < 1.29 is 19.1 Å². The number of benzene rings is 1. The van der Waals surface area contributed by atoms with Crippen molar-refractivity contribution in [3.63, 3.8) is 0 Å². The Morgan fingerprint density at radius 3 is 2.50 bits per heavy atom. The van der Waals surface area contributed by atoms with Crippen molar-refractivity contribution in [3.05, 3.63) is 18.2 Å². The summed E-state index contributed by atoms with van der Waals surface area (Å²) in [7, 11) is 0. The van der Waals surface area contributed by atoms with Crippen LogP contribution in [0.4, 0.5) is 5.69 Å². The Kier molecular flexibility index (Phi) is 4.62. The molecule has 1 aromatic carbocycles. The first kappa shape index (κ1) is 17.8. The molecule has 5 rings (SSSR count). The van der Waals surface area contributed by atoms with Crippen molar-refractivity contribution in [2.75, 3.05) is 50.8 Å². The number of hydrogen-bond donors (Lipinski definition) is 1. The van der Waals surface area contributed by atoms with Crippen LogP contribution in [0.3, 0.4) is 0 Å². The van der Waals surface area contributed by atoms with Gasteiger partial charge in [0.05, 0.1) is 5.92 Å². The number of anilines is 1. The maximum Gasteiger partial charge on any atom is 0.228 e. The van der Waals surface area contributed by atoms with Gasteiger partial charge in [-0.05, 0) is 49.9 Å². The molecule has 4 aliphatic heterocycles. The predicted molar refractivity (Wildman–Crippen MR) is 104 cm³/mol. The third-order valence-electron chi connectivity index (χ3n) is 6.64. The van der Waals surface area contributed by atoms with E-state index in [1.54, 1.807) is 4.90 Å². The fourth-order valence-corrected chi connectivity index (χ4v) is 5.02. The second-order valence-corrected chi connectivity index (χ2v) is 8.31. The monoisotopic (exact) mass is 385 g/mol. The van der Waals surface area contributed by atoms with Crippen LogP contribution in [0.15, 0.2) is 18.2 Å². The zero-order chi connectivity index (χ0) is 19.1. The standard InChI is InChI=1S/C21H27N3O4/c25-20-9-16(21(26)23-5-3-14-11-22-12-15(14)4-6-23)13-24(20)17-1-2-18-19(10-17)28-8-7-27-18/h1-2,10,14-16,22H,3-9,11-13H2/t14-,15+,16?. The topological polar surface area (TPSA) is 71.1 Å². The van der Waals surface area contributed by atoms with Crippen LogP contribution in [0, 0.1) is 17.8 Å². The first-order valence-corrected chi connectivity index (χ1v) is 10.4. The number of nitrogens with one attached hydrogen (secondary N) is 1. The van der Waals surface area contributed by atoms with Gasteiger partial charge in [0.2, 0.25) is 11.8 Å². The lowest BCUT2D eigenvalue weighted by molar-refractivity contribution is -0.135. The molecule has 4 heterocycles. The summed E-state index contributed by atoms with van der Waals surface area (Å²) < 4.78 is 11.2. The van der Waals surface area contributed by atoms with Gasteiger partial charge < -0.3 is 24.6 Å². The van der Waals surface area contributed by atoms with Crippen molar-refractivity contribution in [1.29, 1.82) is 0 Å². The van der Waals surface area contributed by atoms with Gasteiger partial charge in [0.1, 0.15) is 13.2 Å². The summed E-state index contributed by atoms with van der Waals surface area (Å²) in [6, 6.07) is 5.56. The lowest BCUT2D eigenvalue weighted by atomic mass is 9.92. The van der Waals surface area contributed by atoms with Crippen LogP contribution in [0.2, 0.25) is 0 Å². The molecular weight excluding hydrogens is 358 g/mol. The Bertz CT molecular complexity index is 769. The van der Waals surface area contributed by atoms with Crippen molar-refractivity contribution in [2.45, 2.75) is 19.3 Å². The molecular formula is C21H27N3O4. The molecule has 3 atom stereocenters. The normalized spacial score (nSPS) is 29.6. The third kappa shape index (κ3) is 3.21. The summed E-state index contributed by atoms with van der Waals surface area (Å²) in [5.41, 5.74) is 0.779. The molecule has 3 saturated heterocycles. The van der Waals surface area contributed by atoms with Gasteiger partial charge in [-0.3, -0.25) is 9.59 Å². The van der Waals surface area contributed by atoms with Crippen molar-refractivity contribution in [1.82, 2.24) is 10.2 Å². The zero-order valence-electron chi connectivity index (χ0n) is 16.1. The van der Waals surface area contributed by atoms with Crippen LogP contribution in [-0.4, -0.2) is 62.7 Å². The first-order chi connectivity index (χ1) is 13.7. The third-order valence-corrected chi connectivity index (χ3v) is 6.64. The zero-order valence-corrected chi connectivity index (χ0v) is 16.1. The van der Waals surface area contributed by atoms with Crippen LogP contribution in [0.5, 0.6) is 11.5 Å². The maximum absolute atomic E-state index is 13.1. The summed E-state index contributed by atoms with van der Waals surface area (Å²) in [5, 5.41) is 3.47.